The SMILES string of the molecule is CC(C)(C)c1cc(NC(=O)c2cccc(N(C=O)Cc3cc(F)cc(F)c3)c2)n[nH]1. The molecule has 0 radical (unpaired) electrons. The topological polar surface area (TPSA) is 78.1 Å². The maximum atomic E-state index is 13.4. The van der Waals surface area contributed by atoms with E-state index in [1.54, 1.807) is 24.3 Å². The molecule has 0 spiro atoms. The molecule has 0 atom stereocenters. The van der Waals surface area contributed by atoms with Crippen molar-refractivity contribution < 1.29 is 18.4 Å². The van der Waals surface area contributed by atoms with Gasteiger partial charge in [0.05, 0.1) is 6.54 Å². The van der Waals surface area contributed by atoms with Crippen LogP contribution < -0.4 is 10.2 Å². The van der Waals surface area contributed by atoms with Crippen molar-refractivity contribution in [3.63, 3.8) is 0 Å². The lowest BCUT2D eigenvalue weighted by molar-refractivity contribution is -0.107. The van der Waals surface area contributed by atoms with Gasteiger partial charge in [-0.3, -0.25) is 14.7 Å². The summed E-state index contributed by atoms with van der Waals surface area (Å²) in [6, 6.07) is 11.2. The van der Waals surface area contributed by atoms with E-state index in [0.717, 1.165) is 23.9 Å². The lowest BCUT2D eigenvalue weighted by atomic mass is 9.92. The highest BCUT2D eigenvalue weighted by Gasteiger charge is 2.18. The van der Waals surface area contributed by atoms with Gasteiger partial charge >= 0.3 is 0 Å². The smallest absolute Gasteiger partial charge is 0.256 e. The van der Waals surface area contributed by atoms with Gasteiger partial charge in [-0.15, -0.1) is 0 Å². The molecule has 0 bridgehead atoms. The molecular formula is C22H22F2N4O2. The number of benzene rings is 2. The first-order valence-electron chi connectivity index (χ1n) is 9.30. The number of anilines is 2. The molecule has 0 aliphatic carbocycles. The molecule has 3 rings (SSSR count). The zero-order valence-electron chi connectivity index (χ0n) is 16.9. The first-order valence-corrected chi connectivity index (χ1v) is 9.30. The molecule has 156 valence electrons. The molecule has 3 aromatic rings. The van der Waals surface area contributed by atoms with Crippen LogP contribution in [0.4, 0.5) is 20.3 Å². The van der Waals surface area contributed by atoms with E-state index in [9.17, 15) is 18.4 Å². The normalized spacial score (nSPS) is 11.2. The van der Waals surface area contributed by atoms with Crippen LogP contribution in [-0.2, 0) is 16.8 Å². The van der Waals surface area contributed by atoms with E-state index in [2.05, 4.69) is 15.5 Å². The van der Waals surface area contributed by atoms with Gasteiger partial charge in [-0.2, -0.15) is 5.10 Å². The van der Waals surface area contributed by atoms with Crippen LogP contribution in [0.1, 0.15) is 42.4 Å². The summed E-state index contributed by atoms with van der Waals surface area (Å²) in [5.74, 6) is -1.46. The molecule has 0 unspecified atom stereocenters. The number of aromatic nitrogens is 2. The largest absolute Gasteiger partial charge is 0.311 e. The highest BCUT2D eigenvalue weighted by atomic mass is 19.1. The van der Waals surface area contributed by atoms with Crippen LogP contribution in [0.3, 0.4) is 0 Å². The Bertz CT molecular complexity index is 1050. The van der Waals surface area contributed by atoms with Gasteiger partial charge in [-0.1, -0.05) is 26.8 Å². The number of rotatable bonds is 6. The van der Waals surface area contributed by atoms with Gasteiger partial charge in [-0.25, -0.2) is 8.78 Å². The van der Waals surface area contributed by atoms with Crippen LogP contribution in [0, 0.1) is 11.6 Å². The number of carbonyl (C=O) groups is 2. The minimum atomic E-state index is -0.724. The molecular weight excluding hydrogens is 390 g/mol. The second-order valence-corrected chi connectivity index (χ2v) is 7.93. The summed E-state index contributed by atoms with van der Waals surface area (Å²) >= 11 is 0. The van der Waals surface area contributed by atoms with Crippen molar-refractivity contribution in [3.05, 3.63) is 77.0 Å². The number of carbonyl (C=O) groups excluding carboxylic acids is 2. The number of nitrogens with one attached hydrogen (secondary N) is 2. The second-order valence-electron chi connectivity index (χ2n) is 7.93. The molecule has 0 fully saturated rings. The summed E-state index contributed by atoms with van der Waals surface area (Å²) in [4.78, 5) is 25.4. The van der Waals surface area contributed by atoms with Gasteiger partial charge in [0.2, 0.25) is 6.41 Å². The van der Waals surface area contributed by atoms with Crippen molar-refractivity contribution in [1.29, 1.82) is 0 Å². The molecule has 0 saturated carbocycles. The third-order valence-electron chi connectivity index (χ3n) is 4.47. The van der Waals surface area contributed by atoms with Gasteiger partial charge in [0.15, 0.2) is 5.82 Å². The number of aromatic amines is 1. The van der Waals surface area contributed by atoms with Gasteiger partial charge in [0, 0.05) is 34.5 Å². The van der Waals surface area contributed by atoms with E-state index in [0.29, 0.717) is 29.0 Å². The Kier molecular flexibility index (Phi) is 5.96. The van der Waals surface area contributed by atoms with E-state index < -0.39 is 17.5 Å². The highest BCUT2D eigenvalue weighted by Crippen LogP contribution is 2.23. The molecule has 1 heterocycles. The fourth-order valence-electron chi connectivity index (χ4n) is 2.87. The number of hydrogen-bond donors (Lipinski definition) is 2. The predicted octanol–water partition coefficient (Wildman–Crippen LogP) is 4.40. The van der Waals surface area contributed by atoms with E-state index >= 15 is 0 Å². The van der Waals surface area contributed by atoms with Crippen molar-refractivity contribution in [2.24, 2.45) is 0 Å². The van der Waals surface area contributed by atoms with E-state index in [1.165, 1.54) is 11.0 Å². The first-order chi connectivity index (χ1) is 14.2. The number of hydrogen-bond acceptors (Lipinski definition) is 3. The fourth-order valence-corrected chi connectivity index (χ4v) is 2.87. The van der Waals surface area contributed by atoms with Crippen LogP contribution in [0.15, 0.2) is 48.5 Å². The molecule has 2 N–H and O–H groups in total. The molecule has 0 aliphatic rings. The number of halogens is 2. The van der Waals surface area contributed by atoms with Crippen molar-refractivity contribution >= 4 is 23.8 Å². The summed E-state index contributed by atoms with van der Waals surface area (Å²) in [5, 5.41) is 9.71. The molecule has 6 nitrogen and oxygen atoms in total. The molecule has 2 aromatic carbocycles. The minimum Gasteiger partial charge on any atom is -0.311 e. The average molecular weight is 412 g/mol. The molecule has 0 saturated heterocycles. The van der Waals surface area contributed by atoms with E-state index in [-0.39, 0.29) is 12.0 Å². The molecule has 30 heavy (non-hydrogen) atoms. The van der Waals surface area contributed by atoms with E-state index in [4.69, 9.17) is 0 Å². The number of H-pyrrole nitrogens is 1. The van der Waals surface area contributed by atoms with Crippen LogP contribution in [0.5, 0.6) is 0 Å². The third-order valence-corrected chi connectivity index (χ3v) is 4.47. The molecule has 1 aromatic heterocycles. The van der Waals surface area contributed by atoms with Gasteiger partial charge in [0.25, 0.3) is 5.91 Å². The Balaban J connectivity index is 1.77. The Morgan fingerprint density at radius 1 is 1.13 bits per heavy atom. The maximum absolute atomic E-state index is 13.4. The number of amides is 2. The highest BCUT2D eigenvalue weighted by molar-refractivity contribution is 6.04. The summed E-state index contributed by atoms with van der Waals surface area (Å²) < 4.78 is 26.9. The molecule has 0 aliphatic heterocycles. The monoisotopic (exact) mass is 412 g/mol. The Morgan fingerprint density at radius 3 is 2.43 bits per heavy atom. The van der Waals surface area contributed by atoms with E-state index in [1.807, 2.05) is 20.8 Å². The minimum absolute atomic E-state index is 0.0441. The Morgan fingerprint density at radius 2 is 1.83 bits per heavy atom. The Hall–Kier alpha value is -3.55. The van der Waals surface area contributed by atoms with Gasteiger partial charge < -0.3 is 10.2 Å². The second kappa shape index (κ2) is 8.44. The zero-order chi connectivity index (χ0) is 21.9. The zero-order valence-corrected chi connectivity index (χ0v) is 16.9. The quantitative estimate of drug-likeness (QED) is 0.589. The molecule has 8 heteroatoms. The van der Waals surface area contributed by atoms with Crippen LogP contribution in [-0.4, -0.2) is 22.5 Å². The maximum Gasteiger partial charge on any atom is 0.256 e. The van der Waals surface area contributed by atoms with Crippen molar-refractivity contribution in [2.75, 3.05) is 10.2 Å². The standard InChI is InChI=1S/C22H22F2N4O2/c1-22(2,3)19-11-20(27-26-19)25-21(30)15-5-4-6-18(9-15)28(13-29)12-14-7-16(23)10-17(24)8-14/h4-11,13H,12H2,1-3H3,(H2,25,26,27,30). The lowest BCUT2D eigenvalue weighted by Crippen LogP contribution is -2.21. The summed E-state index contributed by atoms with van der Waals surface area (Å²) in [5.41, 5.74) is 1.75. The van der Waals surface area contributed by atoms with Crippen molar-refractivity contribution in [3.8, 4) is 0 Å². The predicted molar refractivity (Wildman–Crippen MR) is 110 cm³/mol. The van der Waals surface area contributed by atoms with Crippen molar-refractivity contribution in [2.45, 2.75) is 32.7 Å². The fraction of sp³-hybridized carbons (Fsp3) is 0.227. The summed E-state index contributed by atoms with van der Waals surface area (Å²) in [6.07, 6.45) is 0.545. The van der Waals surface area contributed by atoms with Crippen LogP contribution >= 0.6 is 0 Å². The van der Waals surface area contributed by atoms with Crippen molar-refractivity contribution in [1.82, 2.24) is 10.2 Å². The van der Waals surface area contributed by atoms with Gasteiger partial charge in [-0.05, 0) is 35.9 Å². The van der Waals surface area contributed by atoms with Crippen LogP contribution in [0.25, 0.3) is 0 Å². The van der Waals surface area contributed by atoms with Gasteiger partial charge in [0.1, 0.15) is 11.6 Å². The van der Waals surface area contributed by atoms with Crippen LogP contribution in [0.2, 0.25) is 0 Å². The Labute approximate surface area is 172 Å². The average Bonchev–Trinajstić information content (AvgIpc) is 3.14. The first kappa shape index (κ1) is 21.2. The summed E-state index contributed by atoms with van der Waals surface area (Å²) in [7, 11) is 0. The molecule has 2 amide bonds. The third kappa shape index (κ3) is 5.08. The lowest BCUT2D eigenvalue weighted by Gasteiger charge is -2.18. The number of nitrogens with zero attached hydrogens (tertiary/aromatic N) is 2. The summed E-state index contributed by atoms with van der Waals surface area (Å²) in [6.45, 7) is 6.02.